The number of carboxylic acid groups (broad SMARTS) is 2. The molecule has 1 rings (SSSR count). The van der Waals surface area contributed by atoms with Crippen LogP contribution in [0.4, 0.5) is 4.79 Å². The number of carbonyl (C=O) groups excluding carboxylic acids is 1. The zero-order valence-electron chi connectivity index (χ0n) is 10.8. The molecule has 7 heteroatoms. The Bertz CT molecular complexity index is 323. The highest BCUT2D eigenvalue weighted by molar-refractivity contribution is 5.84. The molecule has 0 spiro atoms. The van der Waals surface area contributed by atoms with Gasteiger partial charge in [-0.15, -0.1) is 0 Å². The minimum Gasteiger partial charge on any atom is -0.480 e. The van der Waals surface area contributed by atoms with Crippen molar-refractivity contribution >= 4 is 18.0 Å². The van der Waals surface area contributed by atoms with Gasteiger partial charge in [0.1, 0.15) is 13.1 Å². The van der Waals surface area contributed by atoms with E-state index in [1.807, 2.05) is 0 Å². The third kappa shape index (κ3) is 6.08. The van der Waals surface area contributed by atoms with Crippen LogP contribution in [0.25, 0.3) is 0 Å². The molecule has 0 bridgehead atoms. The molecule has 1 aliphatic rings. The molecule has 0 heterocycles. The van der Waals surface area contributed by atoms with Crippen molar-refractivity contribution in [2.45, 2.75) is 32.1 Å². The second-order valence-electron chi connectivity index (χ2n) is 4.81. The van der Waals surface area contributed by atoms with Crippen molar-refractivity contribution in [3.05, 3.63) is 0 Å². The summed E-state index contributed by atoms with van der Waals surface area (Å²) in [6.07, 6.45) is 5.65. The molecule has 0 radical (unpaired) electrons. The van der Waals surface area contributed by atoms with Gasteiger partial charge in [0.15, 0.2) is 0 Å². The minimum atomic E-state index is -1.23. The first-order valence-electron chi connectivity index (χ1n) is 6.45. The average Bonchev–Trinajstić information content (AvgIpc) is 2.79. The van der Waals surface area contributed by atoms with Crippen LogP contribution in [-0.2, 0) is 9.59 Å². The summed E-state index contributed by atoms with van der Waals surface area (Å²) in [6.45, 7) is -0.762. The minimum absolute atomic E-state index is 0.458. The van der Waals surface area contributed by atoms with Crippen LogP contribution in [0.15, 0.2) is 0 Å². The van der Waals surface area contributed by atoms with E-state index in [1.54, 1.807) is 0 Å². The van der Waals surface area contributed by atoms with Gasteiger partial charge in [-0.3, -0.25) is 9.59 Å². The number of carboxylic acids is 2. The normalized spacial score (nSPS) is 15.2. The van der Waals surface area contributed by atoms with Gasteiger partial charge in [0.05, 0.1) is 0 Å². The maximum atomic E-state index is 11.7. The van der Waals surface area contributed by atoms with Crippen LogP contribution in [0.2, 0.25) is 0 Å². The summed E-state index contributed by atoms with van der Waals surface area (Å²) in [5, 5.41) is 19.8. The lowest BCUT2D eigenvalue weighted by Gasteiger charge is -2.19. The maximum absolute atomic E-state index is 11.7. The first kappa shape index (κ1) is 15.3. The van der Waals surface area contributed by atoms with Gasteiger partial charge in [0.2, 0.25) is 0 Å². The number of hydrogen-bond donors (Lipinski definition) is 3. The van der Waals surface area contributed by atoms with E-state index in [1.165, 1.54) is 25.7 Å². The number of amides is 2. The van der Waals surface area contributed by atoms with E-state index < -0.39 is 31.1 Å². The van der Waals surface area contributed by atoms with E-state index in [2.05, 4.69) is 5.32 Å². The quantitative estimate of drug-likeness (QED) is 0.634. The lowest BCUT2D eigenvalue weighted by molar-refractivity contribution is -0.140. The van der Waals surface area contributed by atoms with E-state index in [4.69, 9.17) is 10.2 Å². The largest absolute Gasteiger partial charge is 0.480 e. The van der Waals surface area contributed by atoms with Gasteiger partial charge in [-0.1, -0.05) is 25.7 Å². The number of carbonyl (C=O) groups is 3. The molecule has 1 fully saturated rings. The van der Waals surface area contributed by atoms with Crippen LogP contribution >= 0.6 is 0 Å². The predicted molar refractivity (Wildman–Crippen MR) is 66.8 cm³/mol. The molecule has 0 saturated heterocycles. The van der Waals surface area contributed by atoms with Crippen LogP contribution in [0.1, 0.15) is 32.1 Å². The number of nitrogens with one attached hydrogen (secondary N) is 1. The van der Waals surface area contributed by atoms with Crippen LogP contribution in [0.5, 0.6) is 0 Å². The number of hydrogen-bond acceptors (Lipinski definition) is 3. The topological polar surface area (TPSA) is 107 Å². The Kier molecular flexibility index (Phi) is 6.11. The average molecular weight is 272 g/mol. The molecular weight excluding hydrogens is 252 g/mol. The maximum Gasteiger partial charge on any atom is 0.323 e. The van der Waals surface area contributed by atoms with Gasteiger partial charge in [-0.2, -0.15) is 0 Å². The summed E-state index contributed by atoms with van der Waals surface area (Å²) in [5.41, 5.74) is 0. The molecule has 108 valence electrons. The molecule has 0 unspecified atom stereocenters. The second kappa shape index (κ2) is 7.60. The fourth-order valence-corrected chi connectivity index (χ4v) is 2.32. The van der Waals surface area contributed by atoms with Crippen LogP contribution in [0, 0.1) is 5.92 Å². The summed E-state index contributed by atoms with van der Waals surface area (Å²) in [6, 6.07) is -0.636. The van der Waals surface area contributed by atoms with Crippen molar-refractivity contribution in [3.8, 4) is 0 Å². The van der Waals surface area contributed by atoms with E-state index in [9.17, 15) is 14.4 Å². The molecule has 0 aromatic carbocycles. The summed E-state index contributed by atoms with van der Waals surface area (Å²) in [7, 11) is 0. The van der Waals surface area contributed by atoms with Gasteiger partial charge in [0, 0.05) is 6.54 Å². The Hall–Kier alpha value is -1.79. The Balaban J connectivity index is 2.33. The Morgan fingerprint density at radius 2 is 1.58 bits per heavy atom. The molecule has 7 nitrogen and oxygen atoms in total. The molecule has 19 heavy (non-hydrogen) atoms. The highest BCUT2D eigenvalue weighted by atomic mass is 16.4. The number of rotatable bonds is 7. The molecule has 0 aliphatic heterocycles. The highest BCUT2D eigenvalue weighted by Crippen LogP contribution is 2.26. The van der Waals surface area contributed by atoms with Crippen molar-refractivity contribution in [1.29, 1.82) is 0 Å². The predicted octanol–water partition coefficient (Wildman–Crippen LogP) is 0.747. The van der Waals surface area contributed by atoms with Crippen molar-refractivity contribution in [2.75, 3.05) is 19.6 Å². The second-order valence-corrected chi connectivity index (χ2v) is 4.81. The summed E-state index contributed by atoms with van der Waals surface area (Å²) < 4.78 is 0. The SMILES string of the molecule is O=C(O)CN(CC(=O)O)C(=O)NCCC1CCCC1. The molecule has 2 amide bonds. The van der Waals surface area contributed by atoms with E-state index in [-0.39, 0.29) is 0 Å². The van der Waals surface area contributed by atoms with Crippen molar-refractivity contribution in [1.82, 2.24) is 10.2 Å². The lowest BCUT2D eigenvalue weighted by atomic mass is 10.0. The van der Waals surface area contributed by atoms with E-state index in [0.29, 0.717) is 12.5 Å². The van der Waals surface area contributed by atoms with Gasteiger partial charge < -0.3 is 20.4 Å². The van der Waals surface area contributed by atoms with Crippen LogP contribution < -0.4 is 5.32 Å². The van der Waals surface area contributed by atoms with Gasteiger partial charge >= 0.3 is 18.0 Å². The highest BCUT2D eigenvalue weighted by Gasteiger charge is 2.20. The third-order valence-corrected chi connectivity index (χ3v) is 3.24. The molecule has 0 atom stereocenters. The third-order valence-electron chi connectivity index (χ3n) is 3.24. The van der Waals surface area contributed by atoms with Crippen LogP contribution in [0.3, 0.4) is 0 Å². The Morgan fingerprint density at radius 1 is 1.05 bits per heavy atom. The van der Waals surface area contributed by atoms with Gasteiger partial charge in [0.25, 0.3) is 0 Å². The molecule has 1 aliphatic carbocycles. The lowest BCUT2D eigenvalue weighted by Crippen LogP contribution is -2.45. The zero-order valence-corrected chi connectivity index (χ0v) is 10.8. The summed E-state index contributed by atoms with van der Waals surface area (Å²) >= 11 is 0. The number of aliphatic carboxylic acids is 2. The monoisotopic (exact) mass is 272 g/mol. The number of nitrogens with zero attached hydrogens (tertiary/aromatic N) is 1. The first-order valence-corrected chi connectivity index (χ1v) is 6.45. The molecule has 0 aromatic rings. The Morgan fingerprint density at radius 3 is 2.05 bits per heavy atom. The van der Waals surface area contributed by atoms with E-state index in [0.717, 1.165) is 11.3 Å². The summed E-state index contributed by atoms with van der Waals surface area (Å²) in [5.74, 6) is -1.84. The smallest absolute Gasteiger partial charge is 0.323 e. The standard InChI is InChI=1S/C12H20N2O5/c15-10(16)7-14(8-11(17)18)12(19)13-6-5-9-3-1-2-4-9/h9H,1-8H2,(H,13,19)(H,15,16)(H,17,18). The molecule has 3 N–H and O–H groups in total. The molecule has 1 saturated carbocycles. The number of urea groups is 1. The molecule has 0 aromatic heterocycles. The van der Waals surface area contributed by atoms with Crippen molar-refractivity contribution in [2.24, 2.45) is 5.92 Å². The fourth-order valence-electron chi connectivity index (χ4n) is 2.32. The first-order chi connectivity index (χ1) is 8.99. The molecular formula is C12H20N2O5. The summed E-state index contributed by atoms with van der Waals surface area (Å²) in [4.78, 5) is 33.6. The zero-order chi connectivity index (χ0) is 14.3. The Labute approximate surface area is 111 Å². The van der Waals surface area contributed by atoms with E-state index >= 15 is 0 Å². The van der Waals surface area contributed by atoms with Crippen molar-refractivity contribution < 1.29 is 24.6 Å². The van der Waals surface area contributed by atoms with Gasteiger partial charge in [-0.05, 0) is 12.3 Å². The van der Waals surface area contributed by atoms with Crippen LogP contribution in [-0.4, -0.2) is 52.7 Å². The fraction of sp³-hybridized carbons (Fsp3) is 0.750. The van der Waals surface area contributed by atoms with Crippen molar-refractivity contribution in [3.63, 3.8) is 0 Å². The van der Waals surface area contributed by atoms with Gasteiger partial charge in [-0.25, -0.2) is 4.79 Å².